The molecule has 0 nitrogen and oxygen atoms in total. The van der Waals surface area contributed by atoms with E-state index in [1.165, 1.54) is 37.1 Å². The number of aryl methyl sites for hydroxylation is 1. The average Bonchev–Trinajstić information content (AvgIpc) is 3.13. The van der Waals surface area contributed by atoms with Gasteiger partial charge in [-0.05, 0) is 0 Å². The van der Waals surface area contributed by atoms with Crippen LogP contribution in [0.2, 0.25) is 0 Å². The summed E-state index contributed by atoms with van der Waals surface area (Å²) in [5.74, 6) is 0. The van der Waals surface area contributed by atoms with Crippen molar-refractivity contribution < 1.29 is 21.7 Å². The van der Waals surface area contributed by atoms with Crippen LogP contribution in [-0.2, 0) is 21.7 Å². The molecule has 0 spiro atoms. The topological polar surface area (TPSA) is 0 Å². The molecule has 0 aliphatic heterocycles. The van der Waals surface area contributed by atoms with Crippen molar-refractivity contribution in [2.75, 3.05) is 0 Å². The SMILES string of the molecule is Cc1cc2ccccc2[c-]1[Si](c1ccccc1)(c1ccccc1)c1ccccc1.Cl.Cl.Cl.[Ti]. The minimum absolute atomic E-state index is 0. The van der Waals surface area contributed by atoms with Crippen LogP contribution < -0.4 is 20.7 Å². The first-order valence-corrected chi connectivity index (χ1v) is 12.1. The van der Waals surface area contributed by atoms with Gasteiger partial charge >= 0.3 is 0 Å². The molecule has 5 aromatic rings. The fourth-order valence-electron chi connectivity index (χ4n) is 4.86. The molecule has 0 atom stereocenters. The minimum Gasteiger partial charge on any atom is -0.165 e. The van der Waals surface area contributed by atoms with E-state index >= 15 is 0 Å². The minimum atomic E-state index is -2.46. The smallest absolute Gasteiger partial charge is 0.134 e. The van der Waals surface area contributed by atoms with Crippen LogP contribution in [0.3, 0.4) is 0 Å². The Morgan fingerprint density at radius 3 is 1.30 bits per heavy atom. The van der Waals surface area contributed by atoms with Crippen molar-refractivity contribution in [3.63, 3.8) is 0 Å². The summed E-state index contributed by atoms with van der Waals surface area (Å²) in [7, 11) is -2.46. The summed E-state index contributed by atoms with van der Waals surface area (Å²) in [6.07, 6.45) is 0. The van der Waals surface area contributed by atoms with Crippen LogP contribution in [0.4, 0.5) is 0 Å². The van der Waals surface area contributed by atoms with Gasteiger partial charge in [0.25, 0.3) is 0 Å². The summed E-state index contributed by atoms with van der Waals surface area (Å²) in [6, 6.07) is 44.6. The number of halogens is 3. The molecule has 0 unspecified atom stereocenters. The van der Waals surface area contributed by atoms with Crippen LogP contribution in [0.25, 0.3) is 10.8 Å². The summed E-state index contributed by atoms with van der Waals surface area (Å²) in [6.45, 7) is 2.28. The van der Waals surface area contributed by atoms with Crippen molar-refractivity contribution in [1.29, 1.82) is 0 Å². The van der Waals surface area contributed by atoms with E-state index in [2.05, 4.69) is 128 Å². The zero-order valence-electron chi connectivity index (χ0n) is 18.3. The van der Waals surface area contributed by atoms with Gasteiger partial charge in [0.1, 0.15) is 8.07 Å². The first-order valence-electron chi connectivity index (χ1n) is 10.1. The number of hydrogen-bond acceptors (Lipinski definition) is 0. The second kappa shape index (κ2) is 12.7. The second-order valence-corrected chi connectivity index (χ2v) is 11.4. The van der Waals surface area contributed by atoms with Crippen molar-refractivity contribution in [2.24, 2.45) is 0 Å². The number of hydrogen-bond donors (Lipinski definition) is 0. The van der Waals surface area contributed by atoms with E-state index in [0.29, 0.717) is 0 Å². The second-order valence-electron chi connectivity index (χ2n) is 7.64. The van der Waals surface area contributed by atoms with Crippen LogP contribution in [0.1, 0.15) is 5.56 Å². The van der Waals surface area contributed by atoms with Gasteiger partial charge in [-0.2, -0.15) is 6.07 Å². The van der Waals surface area contributed by atoms with E-state index in [1.807, 2.05) is 0 Å². The maximum atomic E-state index is 2.36. The van der Waals surface area contributed by atoms with Gasteiger partial charge in [-0.3, -0.25) is 0 Å². The molecular formula is C28H26Cl3SiTi-. The predicted octanol–water partition coefficient (Wildman–Crippen LogP) is 5.51. The van der Waals surface area contributed by atoms with Crippen molar-refractivity contribution in [2.45, 2.75) is 6.92 Å². The van der Waals surface area contributed by atoms with E-state index < -0.39 is 8.07 Å². The Bertz CT molecular complexity index is 1160. The molecule has 0 saturated heterocycles. The van der Waals surface area contributed by atoms with Crippen LogP contribution in [0.15, 0.2) is 121 Å². The zero-order chi connectivity index (χ0) is 19.7. The quantitative estimate of drug-likeness (QED) is 0.159. The molecule has 0 N–H and O–H groups in total. The monoisotopic (exact) mass is 543 g/mol. The molecule has 0 radical (unpaired) electrons. The van der Waals surface area contributed by atoms with Crippen LogP contribution >= 0.6 is 37.2 Å². The van der Waals surface area contributed by atoms with Gasteiger partial charge in [-0.1, -0.05) is 120 Å². The average molecular weight is 545 g/mol. The molecule has 0 aliphatic rings. The molecular weight excluding hydrogens is 519 g/mol. The Kier molecular flexibility index (Phi) is 11.3. The maximum Gasteiger partial charge on any atom is 0.134 e. The third-order valence-electron chi connectivity index (χ3n) is 5.99. The van der Waals surface area contributed by atoms with Gasteiger partial charge < -0.3 is 0 Å². The Morgan fingerprint density at radius 2 is 0.879 bits per heavy atom. The van der Waals surface area contributed by atoms with Gasteiger partial charge in [0.2, 0.25) is 0 Å². The largest absolute Gasteiger partial charge is 0.165 e. The van der Waals surface area contributed by atoms with Crippen LogP contribution in [-0.4, -0.2) is 8.07 Å². The molecule has 168 valence electrons. The molecule has 0 heterocycles. The van der Waals surface area contributed by atoms with Gasteiger partial charge in [0.15, 0.2) is 0 Å². The third kappa shape index (κ3) is 5.05. The predicted molar refractivity (Wildman–Crippen MR) is 150 cm³/mol. The molecule has 5 rings (SSSR count). The fourth-order valence-corrected chi connectivity index (χ4v) is 10.1. The Hall–Kier alpha value is -1.71. The van der Waals surface area contributed by atoms with E-state index in [0.717, 1.165) is 0 Å². The van der Waals surface area contributed by atoms with Gasteiger partial charge in [0.05, 0.1) is 0 Å². The summed E-state index contributed by atoms with van der Waals surface area (Å²) < 4.78 is 0. The molecule has 33 heavy (non-hydrogen) atoms. The Morgan fingerprint density at radius 1 is 0.515 bits per heavy atom. The number of fused-ring (bicyclic) bond motifs is 1. The van der Waals surface area contributed by atoms with Crippen LogP contribution in [0.5, 0.6) is 0 Å². The first kappa shape index (κ1) is 29.3. The molecule has 0 amide bonds. The van der Waals surface area contributed by atoms with E-state index in [1.54, 1.807) is 0 Å². The fraction of sp³-hybridized carbons (Fsp3) is 0.0357. The number of rotatable bonds is 4. The summed E-state index contributed by atoms with van der Waals surface area (Å²) >= 11 is 0. The van der Waals surface area contributed by atoms with Crippen LogP contribution in [0, 0.1) is 6.92 Å². The zero-order valence-corrected chi connectivity index (χ0v) is 23.3. The van der Waals surface area contributed by atoms with Gasteiger partial charge in [0, 0.05) is 21.7 Å². The van der Waals surface area contributed by atoms with E-state index in [9.17, 15) is 0 Å². The van der Waals surface area contributed by atoms with Crippen molar-refractivity contribution in [1.82, 2.24) is 0 Å². The Labute approximate surface area is 230 Å². The summed E-state index contributed by atoms with van der Waals surface area (Å²) in [5.41, 5.74) is 1.38. The first-order chi connectivity index (χ1) is 14.3. The van der Waals surface area contributed by atoms with Gasteiger partial charge in [-0.15, -0.1) is 76.9 Å². The van der Waals surface area contributed by atoms with E-state index in [4.69, 9.17) is 0 Å². The molecule has 5 heteroatoms. The summed E-state index contributed by atoms with van der Waals surface area (Å²) in [4.78, 5) is 0. The third-order valence-corrected chi connectivity index (χ3v) is 11.0. The summed E-state index contributed by atoms with van der Waals surface area (Å²) in [5, 5.41) is 8.51. The number of benzene rings is 4. The normalized spacial score (nSPS) is 10.2. The molecule has 5 aromatic carbocycles. The molecule has 0 aromatic heterocycles. The standard InChI is InChI=1S/C28H23Si.3ClH.Ti/c1-22-21-23-13-11-12-20-27(23)28(22)29(24-14-5-2-6-15-24,25-16-7-3-8-17-25)26-18-9-4-10-19-26;;;;/h2-21H,1H3;3*1H;/q-1;;;;. The Balaban J connectivity index is 0.00000136. The molecule has 0 saturated carbocycles. The maximum absolute atomic E-state index is 2.46. The van der Waals surface area contributed by atoms with Gasteiger partial charge in [-0.25, -0.2) is 0 Å². The van der Waals surface area contributed by atoms with E-state index in [-0.39, 0.29) is 58.9 Å². The van der Waals surface area contributed by atoms with Crippen molar-refractivity contribution in [3.05, 3.63) is 127 Å². The molecule has 0 bridgehead atoms. The van der Waals surface area contributed by atoms with Crippen molar-refractivity contribution in [3.8, 4) is 0 Å². The molecule has 0 fully saturated rings. The molecule has 0 aliphatic carbocycles. The van der Waals surface area contributed by atoms with Crippen molar-refractivity contribution >= 4 is 76.8 Å².